The minimum absolute atomic E-state index is 0.167. The van der Waals surface area contributed by atoms with Gasteiger partial charge < -0.3 is 19.7 Å². The first kappa shape index (κ1) is 22.4. The van der Waals surface area contributed by atoms with E-state index in [1.165, 1.54) is 0 Å². The zero-order valence-corrected chi connectivity index (χ0v) is 18.9. The molecule has 0 spiro atoms. The number of likely N-dealkylation sites (tertiary alicyclic amines) is 1. The van der Waals surface area contributed by atoms with Crippen LogP contribution in [0.1, 0.15) is 33.6 Å². The molecule has 1 fully saturated rings. The second-order valence-corrected chi connectivity index (χ2v) is 8.26. The van der Waals surface area contributed by atoms with Gasteiger partial charge in [-0.1, -0.05) is 18.2 Å². The van der Waals surface area contributed by atoms with Gasteiger partial charge in [-0.05, 0) is 45.7 Å². The van der Waals surface area contributed by atoms with Crippen LogP contribution in [-0.2, 0) is 4.74 Å². The SMILES string of the molecule is CC(C)(C)OC(=O)N1CCCC1.CNc1ccn2ncc(-c3ccccc3OC)c2n1. The topological polar surface area (TPSA) is 81.0 Å². The van der Waals surface area contributed by atoms with Crippen molar-refractivity contribution in [2.24, 2.45) is 0 Å². The maximum Gasteiger partial charge on any atom is 0.410 e. The number of hydrogen-bond acceptors (Lipinski definition) is 6. The number of benzene rings is 1. The van der Waals surface area contributed by atoms with Gasteiger partial charge in [-0.3, -0.25) is 0 Å². The minimum Gasteiger partial charge on any atom is -0.496 e. The molecular formula is C23H31N5O3. The highest BCUT2D eigenvalue weighted by atomic mass is 16.6. The molecule has 31 heavy (non-hydrogen) atoms. The maximum absolute atomic E-state index is 11.4. The number of nitrogens with zero attached hydrogens (tertiary/aromatic N) is 4. The Morgan fingerprint density at radius 3 is 2.45 bits per heavy atom. The first-order valence-corrected chi connectivity index (χ1v) is 10.5. The standard InChI is InChI=1S/C14H14N4O.C9H17NO2/c1-15-13-7-8-18-14(17-13)11(9-16-18)10-5-3-4-6-12(10)19-2;1-9(2,3)12-8(11)10-6-4-5-7-10/h3-9H,1-2H3,(H,15,17);4-7H2,1-3H3. The van der Waals surface area contributed by atoms with Crippen LogP contribution in [0, 0.1) is 0 Å². The average molecular weight is 426 g/mol. The molecule has 0 aliphatic carbocycles. The fourth-order valence-corrected chi connectivity index (χ4v) is 3.29. The normalized spacial score (nSPS) is 13.5. The molecule has 1 aromatic carbocycles. The molecule has 166 valence electrons. The molecule has 1 aliphatic heterocycles. The zero-order valence-electron chi connectivity index (χ0n) is 18.9. The molecule has 0 atom stereocenters. The van der Waals surface area contributed by atoms with E-state index in [-0.39, 0.29) is 11.7 Å². The van der Waals surface area contributed by atoms with Gasteiger partial charge in [0.1, 0.15) is 17.2 Å². The van der Waals surface area contributed by atoms with Gasteiger partial charge in [-0.2, -0.15) is 5.10 Å². The van der Waals surface area contributed by atoms with Crippen LogP contribution in [0.15, 0.2) is 42.7 Å². The monoisotopic (exact) mass is 425 g/mol. The van der Waals surface area contributed by atoms with Crippen LogP contribution in [0.3, 0.4) is 0 Å². The lowest BCUT2D eigenvalue weighted by Crippen LogP contribution is -2.34. The quantitative estimate of drug-likeness (QED) is 0.667. The molecule has 1 saturated heterocycles. The van der Waals surface area contributed by atoms with Crippen molar-refractivity contribution in [3.8, 4) is 16.9 Å². The van der Waals surface area contributed by atoms with Crippen molar-refractivity contribution in [2.45, 2.75) is 39.2 Å². The number of methoxy groups -OCH3 is 1. The van der Waals surface area contributed by atoms with Crippen molar-refractivity contribution in [1.82, 2.24) is 19.5 Å². The first-order valence-electron chi connectivity index (χ1n) is 10.5. The fraction of sp³-hybridized carbons (Fsp3) is 0.435. The van der Waals surface area contributed by atoms with Gasteiger partial charge in [-0.25, -0.2) is 14.3 Å². The summed E-state index contributed by atoms with van der Waals surface area (Å²) in [5.74, 6) is 1.62. The van der Waals surface area contributed by atoms with E-state index >= 15 is 0 Å². The Morgan fingerprint density at radius 2 is 1.81 bits per heavy atom. The Balaban J connectivity index is 0.000000196. The lowest BCUT2D eigenvalue weighted by molar-refractivity contribution is 0.0295. The molecule has 3 aromatic rings. The summed E-state index contributed by atoms with van der Waals surface area (Å²) in [6.45, 7) is 7.38. The minimum atomic E-state index is -0.361. The fourth-order valence-electron chi connectivity index (χ4n) is 3.29. The number of nitrogens with one attached hydrogen (secondary N) is 1. The summed E-state index contributed by atoms with van der Waals surface area (Å²) in [6, 6.07) is 9.74. The van der Waals surface area contributed by atoms with E-state index in [0.29, 0.717) is 0 Å². The van der Waals surface area contributed by atoms with E-state index in [0.717, 1.165) is 54.3 Å². The van der Waals surface area contributed by atoms with Crippen LogP contribution in [0.25, 0.3) is 16.8 Å². The molecule has 1 amide bonds. The Labute approximate surface area is 183 Å². The molecule has 0 radical (unpaired) electrons. The number of anilines is 1. The van der Waals surface area contributed by atoms with Crippen LogP contribution >= 0.6 is 0 Å². The van der Waals surface area contributed by atoms with E-state index in [2.05, 4.69) is 15.4 Å². The molecule has 2 aromatic heterocycles. The molecule has 8 heteroatoms. The first-order chi connectivity index (χ1) is 14.8. The van der Waals surface area contributed by atoms with E-state index in [1.807, 2.05) is 64.3 Å². The van der Waals surface area contributed by atoms with Crippen molar-refractivity contribution in [2.75, 3.05) is 32.6 Å². The highest BCUT2D eigenvalue weighted by Crippen LogP contribution is 2.32. The van der Waals surface area contributed by atoms with E-state index in [4.69, 9.17) is 9.47 Å². The van der Waals surface area contributed by atoms with Gasteiger partial charge in [0.15, 0.2) is 5.65 Å². The van der Waals surface area contributed by atoms with Gasteiger partial charge in [0.25, 0.3) is 0 Å². The van der Waals surface area contributed by atoms with Crippen LogP contribution in [0.4, 0.5) is 10.6 Å². The summed E-state index contributed by atoms with van der Waals surface area (Å²) in [5, 5.41) is 7.35. The number of fused-ring (bicyclic) bond motifs is 1. The second-order valence-electron chi connectivity index (χ2n) is 8.26. The maximum atomic E-state index is 11.4. The largest absolute Gasteiger partial charge is 0.496 e. The Hall–Kier alpha value is -3.29. The van der Waals surface area contributed by atoms with Crippen LogP contribution in [0.2, 0.25) is 0 Å². The molecule has 4 rings (SSSR count). The molecule has 0 bridgehead atoms. The molecule has 1 N–H and O–H groups in total. The Bertz CT molecular complexity index is 1020. The number of aromatic nitrogens is 3. The number of carbonyl (C=O) groups is 1. The molecule has 8 nitrogen and oxygen atoms in total. The highest BCUT2D eigenvalue weighted by molar-refractivity contribution is 5.81. The third-order valence-electron chi connectivity index (χ3n) is 4.78. The van der Waals surface area contributed by atoms with E-state index in [9.17, 15) is 4.79 Å². The third-order valence-corrected chi connectivity index (χ3v) is 4.78. The summed E-state index contributed by atoms with van der Waals surface area (Å²) in [7, 11) is 3.51. The van der Waals surface area contributed by atoms with E-state index in [1.54, 1.807) is 22.7 Å². The van der Waals surface area contributed by atoms with Crippen molar-refractivity contribution < 1.29 is 14.3 Å². The predicted molar refractivity (Wildman–Crippen MR) is 122 cm³/mol. The number of rotatable bonds is 3. The van der Waals surface area contributed by atoms with E-state index < -0.39 is 0 Å². The molecule has 0 unspecified atom stereocenters. The molecule has 3 heterocycles. The Morgan fingerprint density at radius 1 is 1.10 bits per heavy atom. The van der Waals surface area contributed by atoms with Gasteiger partial charge in [0.05, 0.1) is 18.9 Å². The summed E-state index contributed by atoms with van der Waals surface area (Å²) in [4.78, 5) is 17.7. The number of hydrogen-bond donors (Lipinski definition) is 1. The molecule has 0 saturated carbocycles. The number of carbonyl (C=O) groups excluding carboxylic acids is 1. The predicted octanol–water partition coefficient (Wildman–Crippen LogP) is 4.46. The number of para-hydroxylation sites is 1. The number of amides is 1. The summed E-state index contributed by atoms with van der Waals surface area (Å²) >= 11 is 0. The molecular weight excluding hydrogens is 394 g/mol. The van der Waals surface area contributed by atoms with Crippen LogP contribution < -0.4 is 10.1 Å². The summed E-state index contributed by atoms with van der Waals surface area (Å²) < 4.78 is 12.4. The van der Waals surface area contributed by atoms with Crippen molar-refractivity contribution >= 4 is 17.6 Å². The van der Waals surface area contributed by atoms with Crippen molar-refractivity contribution in [1.29, 1.82) is 0 Å². The summed E-state index contributed by atoms with van der Waals surface area (Å²) in [5.41, 5.74) is 2.38. The number of ether oxygens (including phenoxy) is 2. The van der Waals surface area contributed by atoms with Gasteiger partial charge >= 0.3 is 6.09 Å². The van der Waals surface area contributed by atoms with Crippen LogP contribution in [0.5, 0.6) is 5.75 Å². The highest BCUT2D eigenvalue weighted by Gasteiger charge is 2.23. The molecule has 1 aliphatic rings. The lowest BCUT2D eigenvalue weighted by atomic mass is 10.1. The third kappa shape index (κ3) is 5.65. The second kappa shape index (κ2) is 9.68. The van der Waals surface area contributed by atoms with Crippen molar-refractivity contribution in [3.63, 3.8) is 0 Å². The Kier molecular flexibility index (Phi) is 6.99. The average Bonchev–Trinajstić information content (AvgIpc) is 3.42. The van der Waals surface area contributed by atoms with Gasteiger partial charge in [0.2, 0.25) is 0 Å². The van der Waals surface area contributed by atoms with Crippen LogP contribution in [-0.4, -0.2) is 58.4 Å². The lowest BCUT2D eigenvalue weighted by Gasteiger charge is -2.23. The van der Waals surface area contributed by atoms with Gasteiger partial charge in [0, 0.05) is 31.9 Å². The van der Waals surface area contributed by atoms with Gasteiger partial charge in [-0.15, -0.1) is 0 Å². The van der Waals surface area contributed by atoms with Crippen molar-refractivity contribution in [3.05, 3.63) is 42.7 Å². The summed E-state index contributed by atoms with van der Waals surface area (Å²) in [6.07, 6.45) is 5.74. The smallest absolute Gasteiger partial charge is 0.410 e. The zero-order chi connectivity index (χ0) is 22.4.